The van der Waals surface area contributed by atoms with Gasteiger partial charge in [0.1, 0.15) is 11.4 Å². The molecule has 3 N–H and O–H groups in total. The van der Waals surface area contributed by atoms with E-state index < -0.39 is 0 Å². The molecule has 4 fully saturated rings. The molecule has 3 aromatic carbocycles. The van der Waals surface area contributed by atoms with Crippen LogP contribution >= 0.6 is 0 Å². The molecule has 3 heterocycles. The zero-order valence-corrected chi connectivity index (χ0v) is 34.9. The van der Waals surface area contributed by atoms with Crippen molar-refractivity contribution in [1.29, 1.82) is 0 Å². The Morgan fingerprint density at radius 3 is 2.53 bits per heavy atom. The summed E-state index contributed by atoms with van der Waals surface area (Å²) in [5.74, 6) is 0.439. The second kappa shape index (κ2) is 19.6. The highest BCUT2D eigenvalue weighted by Gasteiger charge is 2.48. The number of phenols is 1. The molecular weight excluding hydrogens is 743 g/mol. The molecule has 3 aliphatic heterocycles. The molecular formula is C48H65N5O6. The number of nitrogens with zero attached hydrogens (tertiary/aromatic N) is 3. The summed E-state index contributed by atoms with van der Waals surface area (Å²) < 4.78 is 18.3. The number of hydrogen-bond donors (Lipinski definition) is 3. The van der Waals surface area contributed by atoms with Crippen LogP contribution in [0.1, 0.15) is 86.5 Å². The number of rotatable bonds is 18. The SMILES string of the molecule is O=C1COc2c(CCNCCN(C(=O)CCOCCc3cccc(CN4CCC5(CC4)CN(CC4(c6ccccc6)CC4)CCO5)c3)C3CCCCC3)ccc(O)c2N1. The van der Waals surface area contributed by atoms with E-state index in [9.17, 15) is 14.7 Å². The number of carbonyl (C=O) groups excluding carboxylic acids is 2. The van der Waals surface area contributed by atoms with Gasteiger partial charge in [0, 0.05) is 63.8 Å². The van der Waals surface area contributed by atoms with Crippen molar-refractivity contribution < 1.29 is 28.9 Å². The summed E-state index contributed by atoms with van der Waals surface area (Å²) in [4.78, 5) is 32.7. The van der Waals surface area contributed by atoms with E-state index in [4.69, 9.17) is 14.2 Å². The lowest BCUT2D eigenvalue weighted by Gasteiger charge is -2.48. The predicted octanol–water partition coefficient (Wildman–Crippen LogP) is 6.06. The molecule has 0 bridgehead atoms. The van der Waals surface area contributed by atoms with Gasteiger partial charge in [0.05, 0.1) is 31.8 Å². The predicted molar refractivity (Wildman–Crippen MR) is 230 cm³/mol. The van der Waals surface area contributed by atoms with Crippen molar-refractivity contribution in [2.75, 3.05) is 84.1 Å². The van der Waals surface area contributed by atoms with Crippen molar-refractivity contribution in [3.05, 3.63) is 89.0 Å². The number of fused-ring (bicyclic) bond motifs is 1. The number of nitrogens with one attached hydrogen (secondary N) is 2. The monoisotopic (exact) mass is 807 g/mol. The standard InChI is InChI=1S/C48H65N5O6/c54-42-15-14-39(46-45(42)50-43(55)34-58-46)16-23-49-24-27-53(41-12-5-2-6-13-41)44(56)18-30-57-29-17-37-8-7-9-38(32-37)33-51-25-21-48(22-26-51)36-52(28-31-59-48)35-47(19-20-47)40-10-3-1-4-11-40/h1,3-4,7-11,14-15,32,41,49,54H,2,5-6,12-13,16-31,33-36H2,(H,50,55). The van der Waals surface area contributed by atoms with Crippen molar-refractivity contribution in [3.63, 3.8) is 0 Å². The fourth-order valence-corrected chi connectivity index (χ4v) is 9.99. The van der Waals surface area contributed by atoms with Gasteiger partial charge >= 0.3 is 0 Å². The maximum Gasteiger partial charge on any atom is 0.262 e. The first kappa shape index (κ1) is 41.7. The molecule has 5 aliphatic rings. The Balaban J connectivity index is 0.737. The lowest BCUT2D eigenvalue weighted by Crippen LogP contribution is -2.57. The van der Waals surface area contributed by atoms with E-state index in [0.29, 0.717) is 62.5 Å². The highest BCUT2D eigenvalue weighted by Crippen LogP contribution is 2.49. The Morgan fingerprint density at radius 1 is 0.898 bits per heavy atom. The zero-order valence-electron chi connectivity index (χ0n) is 34.9. The minimum absolute atomic E-state index is 0.00438. The minimum atomic E-state index is -0.272. The number of ether oxygens (including phenoxy) is 3. The molecule has 0 atom stereocenters. The van der Waals surface area contributed by atoms with Gasteiger partial charge in [-0.3, -0.25) is 19.4 Å². The van der Waals surface area contributed by atoms with Gasteiger partial charge in [-0.05, 0) is 86.2 Å². The van der Waals surface area contributed by atoms with E-state index in [1.165, 1.54) is 48.8 Å². The molecule has 2 aliphatic carbocycles. The van der Waals surface area contributed by atoms with Gasteiger partial charge in [-0.1, -0.05) is 79.9 Å². The first-order chi connectivity index (χ1) is 28.9. The maximum absolute atomic E-state index is 13.6. The summed E-state index contributed by atoms with van der Waals surface area (Å²) in [6.45, 7) is 10.2. The third-order valence-corrected chi connectivity index (χ3v) is 13.5. The number of aromatic hydroxyl groups is 1. The molecule has 1 spiro atoms. The van der Waals surface area contributed by atoms with Gasteiger partial charge in [0.25, 0.3) is 5.91 Å². The average Bonchev–Trinajstić information content (AvgIpc) is 4.05. The Bertz CT molecular complexity index is 1860. The molecule has 0 aromatic heterocycles. The molecule has 3 aromatic rings. The second-order valence-corrected chi connectivity index (χ2v) is 17.8. The Labute approximate surface area is 350 Å². The van der Waals surface area contributed by atoms with Crippen molar-refractivity contribution in [2.45, 2.75) is 101 Å². The van der Waals surface area contributed by atoms with Gasteiger partial charge in [-0.25, -0.2) is 0 Å². The van der Waals surface area contributed by atoms with Gasteiger partial charge < -0.3 is 34.9 Å². The third kappa shape index (κ3) is 10.9. The fraction of sp³-hybridized carbons (Fsp3) is 0.583. The lowest BCUT2D eigenvalue weighted by molar-refractivity contribution is -0.137. The largest absolute Gasteiger partial charge is 0.506 e. The summed E-state index contributed by atoms with van der Waals surface area (Å²) in [6.07, 6.45) is 12.4. The van der Waals surface area contributed by atoms with Crippen LogP contribution in [0, 0.1) is 0 Å². The molecule has 2 saturated carbocycles. The third-order valence-electron chi connectivity index (χ3n) is 13.5. The van der Waals surface area contributed by atoms with Crippen LogP contribution in [-0.2, 0) is 43.9 Å². The summed E-state index contributed by atoms with van der Waals surface area (Å²) in [5.41, 5.74) is 5.73. The number of piperidine rings is 1. The number of likely N-dealkylation sites (tertiary alicyclic amines) is 1. The highest BCUT2D eigenvalue weighted by atomic mass is 16.5. The Hall–Kier alpha value is -4.00. The van der Waals surface area contributed by atoms with Crippen molar-refractivity contribution >= 4 is 17.5 Å². The molecule has 11 nitrogen and oxygen atoms in total. The van der Waals surface area contributed by atoms with E-state index in [1.807, 2.05) is 6.07 Å². The average molecular weight is 808 g/mol. The van der Waals surface area contributed by atoms with E-state index in [-0.39, 0.29) is 35.8 Å². The van der Waals surface area contributed by atoms with E-state index >= 15 is 0 Å². The quantitative estimate of drug-likeness (QED) is 0.104. The molecule has 2 amide bonds. The van der Waals surface area contributed by atoms with Gasteiger partial charge in [-0.2, -0.15) is 0 Å². The molecule has 11 heteroatoms. The number of anilines is 1. The van der Waals surface area contributed by atoms with Crippen LogP contribution in [0.25, 0.3) is 0 Å². The van der Waals surface area contributed by atoms with Gasteiger partial charge in [-0.15, -0.1) is 0 Å². The van der Waals surface area contributed by atoms with Crippen LogP contribution < -0.4 is 15.4 Å². The fourth-order valence-electron chi connectivity index (χ4n) is 9.99. The highest BCUT2D eigenvalue weighted by molar-refractivity contribution is 5.97. The summed E-state index contributed by atoms with van der Waals surface area (Å²) in [5, 5.41) is 16.4. The smallest absolute Gasteiger partial charge is 0.262 e. The molecule has 2 saturated heterocycles. The summed E-state index contributed by atoms with van der Waals surface area (Å²) >= 11 is 0. The van der Waals surface area contributed by atoms with Gasteiger partial charge in [0.2, 0.25) is 5.91 Å². The Kier molecular flexibility index (Phi) is 13.9. The van der Waals surface area contributed by atoms with Crippen molar-refractivity contribution in [2.24, 2.45) is 0 Å². The first-order valence-electron chi connectivity index (χ1n) is 22.4. The van der Waals surface area contributed by atoms with Crippen LogP contribution in [0.4, 0.5) is 5.69 Å². The van der Waals surface area contributed by atoms with E-state index in [0.717, 1.165) is 83.5 Å². The number of carbonyl (C=O) groups is 2. The summed E-state index contributed by atoms with van der Waals surface area (Å²) in [6, 6.07) is 23.8. The topological polar surface area (TPSA) is 116 Å². The molecule has 318 valence electrons. The minimum Gasteiger partial charge on any atom is -0.506 e. The second-order valence-electron chi connectivity index (χ2n) is 17.8. The Morgan fingerprint density at radius 2 is 1.71 bits per heavy atom. The lowest BCUT2D eigenvalue weighted by atomic mass is 9.88. The number of phenolic OH excluding ortho intramolecular Hbond substituents is 1. The van der Waals surface area contributed by atoms with Crippen molar-refractivity contribution in [3.8, 4) is 11.5 Å². The van der Waals surface area contributed by atoms with E-state index in [2.05, 4.69) is 79.9 Å². The number of amides is 2. The molecule has 0 radical (unpaired) electrons. The van der Waals surface area contributed by atoms with Crippen LogP contribution in [0.5, 0.6) is 11.5 Å². The summed E-state index contributed by atoms with van der Waals surface area (Å²) in [7, 11) is 0. The molecule has 8 rings (SSSR count). The zero-order chi connectivity index (χ0) is 40.5. The number of hydrogen-bond acceptors (Lipinski definition) is 9. The van der Waals surface area contributed by atoms with Crippen LogP contribution in [0.15, 0.2) is 66.7 Å². The molecule has 59 heavy (non-hydrogen) atoms. The normalized spacial score (nSPS) is 20.4. The van der Waals surface area contributed by atoms with E-state index in [1.54, 1.807) is 6.07 Å². The first-order valence-corrected chi connectivity index (χ1v) is 22.4. The van der Waals surface area contributed by atoms with Crippen LogP contribution in [0.2, 0.25) is 0 Å². The maximum atomic E-state index is 13.6. The number of morpholine rings is 1. The van der Waals surface area contributed by atoms with Crippen LogP contribution in [0.3, 0.4) is 0 Å². The molecule has 0 unspecified atom stereocenters. The van der Waals surface area contributed by atoms with Crippen LogP contribution in [-0.4, -0.2) is 122 Å². The number of benzene rings is 3. The van der Waals surface area contributed by atoms with Crippen molar-refractivity contribution in [1.82, 2.24) is 20.0 Å². The van der Waals surface area contributed by atoms with Gasteiger partial charge in [0.15, 0.2) is 12.4 Å².